The van der Waals surface area contributed by atoms with Gasteiger partial charge in [-0.05, 0) is 51.4 Å². The molecule has 0 amide bonds. The first-order valence-corrected chi connectivity index (χ1v) is 17.9. The van der Waals surface area contributed by atoms with Gasteiger partial charge < -0.3 is 49.2 Å². The van der Waals surface area contributed by atoms with Gasteiger partial charge in [0.2, 0.25) is 0 Å². The Morgan fingerprint density at radius 2 is 0.837 bits per heavy atom. The van der Waals surface area contributed by atoms with Crippen molar-refractivity contribution in [3.63, 3.8) is 0 Å². The van der Waals surface area contributed by atoms with Crippen LogP contribution in [-0.4, -0.2) is 155 Å². The molecule has 0 heterocycles. The van der Waals surface area contributed by atoms with E-state index in [2.05, 4.69) is 38.2 Å². The smallest absolute Gasteiger partial charge is 0.544 e. The van der Waals surface area contributed by atoms with Gasteiger partial charge >= 0.3 is 49.7 Å². The first-order chi connectivity index (χ1) is 22.8. The number of hydrogen-bond donors (Lipinski definition) is 4. The van der Waals surface area contributed by atoms with Crippen molar-refractivity contribution in [2.45, 2.75) is 143 Å². The molecule has 0 aliphatic carbocycles. The number of aliphatic hydroxyl groups excluding tert-OH is 2. The molecule has 12 nitrogen and oxygen atoms in total. The van der Waals surface area contributed by atoms with Gasteiger partial charge in [0.1, 0.15) is 25.2 Å². The van der Waals surface area contributed by atoms with Crippen LogP contribution in [0.25, 0.3) is 0 Å². The van der Waals surface area contributed by atoms with Gasteiger partial charge in [0.05, 0.1) is 38.2 Å². The number of unbranched alkanes of at least 4 members (excludes halogenated alkanes) is 4. The predicted octanol–water partition coefficient (Wildman–Crippen LogP) is 2.27. The fourth-order valence-electron chi connectivity index (χ4n) is 7.18. The average molecular weight is 727 g/mol. The molecule has 0 aliphatic heterocycles. The van der Waals surface area contributed by atoms with Gasteiger partial charge in [-0.1, -0.05) is 65.8 Å². The monoisotopic (exact) mass is 726 g/mol. The number of quaternary nitrogens is 2. The van der Waals surface area contributed by atoms with Crippen LogP contribution in [0.2, 0.25) is 0 Å². The Labute approximate surface area is 325 Å². The molecule has 6 atom stereocenters. The summed E-state index contributed by atoms with van der Waals surface area (Å²) in [6.07, 6.45) is 16.4. The van der Waals surface area contributed by atoms with Gasteiger partial charge in [0.25, 0.3) is 0 Å². The van der Waals surface area contributed by atoms with E-state index < -0.39 is 48.0 Å². The van der Waals surface area contributed by atoms with Crippen LogP contribution in [0.1, 0.15) is 119 Å². The molecule has 280 valence electrons. The van der Waals surface area contributed by atoms with Crippen LogP contribution >= 0.6 is 0 Å². The minimum absolute atomic E-state index is 0. The summed E-state index contributed by atoms with van der Waals surface area (Å²) in [6.45, 7) is 11.6. The Morgan fingerprint density at radius 3 is 1.04 bits per heavy atom. The fourth-order valence-corrected chi connectivity index (χ4v) is 7.18. The third-order valence-corrected chi connectivity index (χ3v) is 9.37. The van der Waals surface area contributed by atoms with Crippen molar-refractivity contribution in [2.24, 2.45) is 0 Å². The van der Waals surface area contributed by atoms with Crippen LogP contribution in [0.4, 0.5) is 0 Å². The molecule has 0 aromatic heterocycles. The van der Waals surface area contributed by atoms with E-state index in [4.69, 9.17) is 0 Å². The van der Waals surface area contributed by atoms with Crippen molar-refractivity contribution >= 4 is 61.6 Å². The summed E-state index contributed by atoms with van der Waals surface area (Å²) in [5, 5.41) is 61.5. The number of carbonyl (C=O) groups is 4. The fraction of sp³-hybridized carbons (Fsp3) is 0.778. The second-order valence-electron chi connectivity index (χ2n) is 12.3. The Kier molecular flexibility index (Phi) is 31.9. The third-order valence-electron chi connectivity index (χ3n) is 9.37. The number of aliphatic hydroxyl groups is 2. The molecule has 0 saturated heterocycles. The van der Waals surface area contributed by atoms with Crippen LogP contribution in [0, 0.1) is 0 Å². The number of aliphatic carboxylic acids is 4. The van der Waals surface area contributed by atoms with E-state index in [-0.39, 0.29) is 85.8 Å². The van der Waals surface area contributed by atoms with E-state index in [1.807, 2.05) is 0 Å². The normalized spacial score (nSPS) is 16.3. The number of hydrogen-bond acceptors (Lipinski definition) is 8. The molecule has 0 radical (unpaired) electrons. The standard InChI is InChI=1S/2C18H33NO5.Ca/c2*1-4-7-8-9-10-11-12-19(13-14-20,15(5-2)17(21)22)16(6-3)18(23)24;/h2*7-8,15-16,20H,4-6,9-14H2,1-3H3,(H-,21,22,23,24);/q;;+2/b2*8-7+;. The summed E-state index contributed by atoms with van der Waals surface area (Å²) < 4.78 is -0.280. The summed E-state index contributed by atoms with van der Waals surface area (Å²) in [6, 6.07) is -3.56. The maximum absolute atomic E-state index is 11.7. The summed E-state index contributed by atoms with van der Waals surface area (Å²) in [7, 11) is 0. The molecule has 0 spiro atoms. The average Bonchev–Trinajstić information content (AvgIpc) is 3.01. The van der Waals surface area contributed by atoms with Crippen molar-refractivity contribution in [2.75, 3.05) is 39.4 Å². The molecule has 0 rings (SSSR count). The molecular formula is C36H66CaN2O10+2. The van der Waals surface area contributed by atoms with E-state index >= 15 is 0 Å². The first kappa shape index (κ1) is 51.8. The molecule has 0 aromatic rings. The molecule has 13 heteroatoms. The maximum Gasteiger partial charge on any atom is 2.00 e. The molecule has 0 bridgehead atoms. The number of allylic oxidation sites excluding steroid dienone is 4. The Bertz CT molecular complexity index is 855. The zero-order chi connectivity index (χ0) is 37.2. The van der Waals surface area contributed by atoms with E-state index in [1.54, 1.807) is 27.7 Å². The maximum atomic E-state index is 11.7. The number of carbonyl (C=O) groups excluding carboxylic acids is 2. The van der Waals surface area contributed by atoms with E-state index in [0.717, 1.165) is 38.5 Å². The molecular weight excluding hydrogens is 660 g/mol. The van der Waals surface area contributed by atoms with Crippen LogP contribution in [0.5, 0.6) is 0 Å². The van der Waals surface area contributed by atoms with Gasteiger partial charge in [-0.25, -0.2) is 9.59 Å². The van der Waals surface area contributed by atoms with Crippen LogP contribution < -0.4 is 10.2 Å². The summed E-state index contributed by atoms with van der Waals surface area (Å²) in [4.78, 5) is 46.8. The second kappa shape index (κ2) is 30.1. The van der Waals surface area contributed by atoms with Crippen molar-refractivity contribution in [1.82, 2.24) is 0 Å². The quantitative estimate of drug-likeness (QED) is 0.0402. The second-order valence-corrected chi connectivity index (χ2v) is 12.3. The molecule has 0 saturated carbocycles. The largest absolute Gasteiger partial charge is 2.00 e. The minimum Gasteiger partial charge on any atom is -0.544 e. The van der Waals surface area contributed by atoms with Gasteiger partial charge in [0, 0.05) is 25.7 Å². The third kappa shape index (κ3) is 17.5. The summed E-state index contributed by atoms with van der Waals surface area (Å²) >= 11 is 0. The van der Waals surface area contributed by atoms with E-state index in [9.17, 15) is 49.8 Å². The van der Waals surface area contributed by atoms with Gasteiger partial charge in [-0.2, -0.15) is 0 Å². The zero-order valence-electron chi connectivity index (χ0n) is 31.2. The van der Waals surface area contributed by atoms with Crippen LogP contribution in [0.15, 0.2) is 24.3 Å². The van der Waals surface area contributed by atoms with E-state index in [0.29, 0.717) is 38.8 Å². The number of carboxylic acid groups (broad SMARTS) is 4. The zero-order valence-corrected chi connectivity index (χ0v) is 33.4. The van der Waals surface area contributed by atoms with Gasteiger partial charge in [0.15, 0.2) is 12.1 Å². The predicted molar refractivity (Wildman–Crippen MR) is 188 cm³/mol. The van der Waals surface area contributed by atoms with Crippen LogP contribution in [-0.2, 0) is 19.2 Å². The van der Waals surface area contributed by atoms with Crippen molar-refractivity contribution in [3.05, 3.63) is 24.3 Å². The van der Waals surface area contributed by atoms with Gasteiger partial charge in [-0.3, -0.25) is 0 Å². The SMILES string of the molecule is CC/C=C/CCCC[N+](CCO)(C(CC)C(=O)[O-])C(CC)C(=O)O.CC/C=C/CCCC[N+](CCO)(C(CC)C(=O)[O-])C(CC)C(=O)O.[Ca+2]. The number of carboxylic acids is 4. The Hall–Kier alpha value is -1.54. The molecule has 4 N–H and O–H groups in total. The van der Waals surface area contributed by atoms with Crippen molar-refractivity contribution in [1.29, 1.82) is 0 Å². The summed E-state index contributed by atoms with van der Waals surface area (Å²) in [5.41, 5.74) is 0. The van der Waals surface area contributed by atoms with Crippen LogP contribution in [0.3, 0.4) is 0 Å². The first-order valence-electron chi connectivity index (χ1n) is 17.9. The topological polar surface area (TPSA) is 195 Å². The Morgan fingerprint density at radius 1 is 0.531 bits per heavy atom. The number of rotatable bonds is 28. The van der Waals surface area contributed by atoms with Crippen molar-refractivity contribution in [3.8, 4) is 0 Å². The van der Waals surface area contributed by atoms with Gasteiger partial charge in [-0.15, -0.1) is 0 Å². The molecule has 0 fully saturated rings. The summed E-state index contributed by atoms with van der Waals surface area (Å²) in [5.74, 6) is -4.51. The molecule has 0 aliphatic rings. The van der Waals surface area contributed by atoms with E-state index in [1.165, 1.54) is 0 Å². The van der Waals surface area contributed by atoms with Crippen molar-refractivity contribution < 1.29 is 58.8 Å². The minimum atomic E-state index is -1.24. The molecule has 49 heavy (non-hydrogen) atoms. The number of nitrogens with zero attached hydrogens (tertiary/aromatic N) is 2. The molecule has 6 unspecified atom stereocenters. The Balaban J connectivity index is -0.000000846. The molecule has 0 aromatic carbocycles.